The van der Waals surface area contributed by atoms with E-state index in [9.17, 15) is 9.59 Å². The van der Waals surface area contributed by atoms with Crippen LogP contribution in [-0.2, 0) is 19.1 Å². The number of primary amides is 1. The monoisotopic (exact) mass is 295 g/mol. The molecular formula is C14H17NO6. The fourth-order valence-corrected chi connectivity index (χ4v) is 1.65. The van der Waals surface area contributed by atoms with Crippen LogP contribution >= 0.6 is 0 Å². The van der Waals surface area contributed by atoms with Crippen molar-refractivity contribution in [2.45, 2.75) is 19.1 Å². The minimum Gasteiger partial charge on any atom is -0.481 e. The molecule has 1 aromatic carbocycles. The van der Waals surface area contributed by atoms with Gasteiger partial charge in [-0.3, -0.25) is 4.79 Å². The topological polar surface area (TPSA) is 97.1 Å². The Hall–Kier alpha value is -2.12. The van der Waals surface area contributed by atoms with Crippen molar-refractivity contribution in [3.05, 3.63) is 24.3 Å². The summed E-state index contributed by atoms with van der Waals surface area (Å²) in [6, 6.07) is 6.29. The minimum absolute atomic E-state index is 0.191. The maximum Gasteiger partial charge on any atom is 0.343 e. The molecule has 0 saturated carbocycles. The first-order valence-corrected chi connectivity index (χ1v) is 6.53. The Labute approximate surface area is 121 Å². The highest BCUT2D eigenvalue weighted by atomic mass is 16.6. The van der Waals surface area contributed by atoms with Gasteiger partial charge in [0.15, 0.2) is 12.2 Å². The third kappa shape index (κ3) is 4.44. The minimum atomic E-state index is -0.730. The highest BCUT2D eigenvalue weighted by Crippen LogP contribution is 2.19. The second-order valence-electron chi connectivity index (χ2n) is 4.49. The van der Waals surface area contributed by atoms with Gasteiger partial charge in [0.2, 0.25) is 0 Å². The van der Waals surface area contributed by atoms with Crippen LogP contribution < -0.4 is 15.2 Å². The molecule has 1 fully saturated rings. The standard InChI is InChI=1S/C14H17NO6/c1-9(13(15)16)20-10-2-4-11(5-3-10)21-14(17)12-8-18-6-7-19-12/h2-5,9,12H,6-8H2,1H3,(H2,15,16)/t9-,12+/m0/s1. The molecule has 0 bridgehead atoms. The summed E-state index contributed by atoms with van der Waals surface area (Å²) in [5.74, 6) is -0.250. The second-order valence-corrected chi connectivity index (χ2v) is 4.49. The third-order valence-electron chi connectivity index (χ3n) is 2.83. The normalized spacial score (nSPS) is 19.6. The Bertz CT molecular complexity index is 495. The fraction of sp³-hybridized carbons (Fsp3) is 0.429. The largest absolute Gasteiger partial charge is 0.481 e. The molecule has 1 heterocycles. The van der Waals surface area contributed by atoms with Crippen molar-refractivity contribution in [2.24, 2.45) is 5.73 Å². The van der Waals surface area contributed by atoms with Crippen LogP contribution in [0.3, 0.4) is 0 Å². The van der Waals surface area contributed by atoms with Gasteiger partial charge in [0.1, 0.15) is 11.5 Å². The van der Waals surface area contributed by atoms with E-state index in [1.54, 1.807) is 31.2 Å². The van der Waals surface area contributed by atoms with Crippen molar-refractivity contribution >= 4 is 11.9 Å². The van der Waals surface area contributed by atoms with Crippen LogP contribution in [0.5, 0.6) is 11.5 Å². The molecule has 2 rings (SSSR count). The predicted molar refractivity (Wildman–Crippen MR) is 71.9 cm³/mol. The summed E-state index contributed by atoms with van der Waals surface area (Å²) in [6.45, 7) is 2.60. The van der Waals surface area contributed by atoms with E-state index in [4.69, 9.17) is 24.7 Å². The predicted octanol–water partition coefficient (Wildman–Crippen LogP) is 0.260. The van der Waals surface area contributed by atoms with Gasteiger partial charge in [-0.2, -0.15) is 0 Å². The van der Waals surface area contributed by atoms with Crippen LogP contribution in [0, 0.1) is 0 Å². The lowest BCUT2D eigenvalue weighted by Gasteiger charge is -2.21. The molecule has 7 nitrogen and oxygen atoms in total. The number of rotatable bonds is 5. The number of hydrogen-bond donors (Lipinski definition) is 1. The molecule has 2 atom stereocenters. The first-order chi connectivity index (χ1) is 10.1. The van der Waals surface area contributed by atoms with Gasteiger partial charge in [-0.05, 0) is 31.2 Å². The highest BCUT2D eigenvalue weighted by molar-refractivity contribution is 5.79. The Morgan fingerprint density at radius 2 is 1.90 bits per heavy atom. The number of carbonyl (C=O) groups excluding carboxylic acids is 2. The maximum atomic E-state index is 11.8. The zero-order valence-corrected chi connectivity index (χ0v) is 11.6. The Balaban J connectivity index is 1.89. The summed E-state index contributed by atoms with van der Waals surface area (Å²) in [5, 5.41) is 0. The van der Waals surface area contributed by atoms with Gasteiger partial charge in [0.25, 0.3) is 5.91 Å². The maximum absolute atomic E-state index is 11.8. The molecular weight excluding hydrogens is 278 g/mol. The van der Waals surface area contributed by atoms with Crippen molar-refractivity contribution in [3.8, 4) is 11.5 Å². The molecule has 1 aliphatic heterocycles. The van der Waals surface area contributed by atoms with Gasteiger partial charge in [-0.15, -0.1) is 0 Å². The van der Waals surface area contributed by atoms with E-state index < -0.39 is 24.1 Å². The number of amides is 1. The van der Waals surface area contributed by atoms with Crippen molar-refractivity contribution in [3.63, 3.8) is 0 Å². The number of benzene rings is 1. The number of ether oxygens (including phenoxy) is 4. The van der Waals surface area contributed by atoms with E-state index in [1.807, 2.05) is 0 Å². The van der Waals surface area contributed by atoms with Gasteiger partial charge in [0, 0.05) is 0 Å². The van der Waals surface area contributed by atoms with Crippen molar-refractivity contribution in [1.29, 1.82) is 0 Å². The second kappa shape index (κ2) is 7.05. The third-order valence-corrected chi connectivity index (χ3v) is 2.83. The summed E-state index contributed by atoms with van der Waals surface area (Å²) in [5.41, 5.74) is 5.10. The molecule has 1 amide bonds. The summed E-state index contributed by atoms with van der Waals surface area (Å²) in [7, 11) is 0. The molecule has 114 valence electrons. The van der Waals surface area contributed by atoms with Gasteiger partial charge < -0.3 is 24.7 Å². The van der Waals surface area contributed by atoms with E-state index in [1.165, 1.54) is 0 Å². The fourth-order valence-electron chi connectivity index (χ4n) is 1.65. The summed E-state index contributed by atoms with van der Waals surface area (Å²) in [6.07, 6.45) is -1.43. The van der Waals surface area contributed by atoms with E-state index in [0.29, 0.717) is 24.7 Å². The first-order valence-electron chi connectivity index (χ1n) is 6.53. The lowest BCUT2D eigenvalue weighted by molar-refractivity contribution is -0.161. The van der Waals surface area contributed by atoms with E-state index in [0.717, 1.165) is 0 Å². The van der Waals surface area contributed by atoms with Crippen LogP contribution in [0.4, 0.5) is 0 Å². The van der Waals surface area contributed by atoms with E-state index in [-0.39, 0.29) is 6.61 Å². The zero-order valence-electron chi connectivity index (χ0n) is 11.6. The molecule has 2 N–H and O–H groups in total. The summed E-state index contributed by atoms with van der Waals surface area (Å²) < 4.78 is 20.8. The molecule has 0 spiro atoms. The van der Waals surface area contributed by atoms with Gasteiger partial charge in [-0.25, -0.2) is 4.79 Å². The van der Waals surface area contributed by atoms with Crippen LogP contribution in [0.25, 0.3) is 0 Å². The number of hydrogen-bond acceptors (Lipinski definition) is 6. The Morgan fingerprint density at radius 3 is 2.48 bits per heavy atom. The summed E-state index contributed by atoms with van der Waals surface area (Å²) in [4.78, 5) is 22.7. The smallest absolute Gasteiger partial charge is 0.343 e. The molecule has 21 heavy (non-hydrogen) atoms. The number of esters is 1. The average molecular weight is 295 g/mol. The summed E-state index contributed by atoms with van der Waals surface area (Å²) >= 11 is 0. The lowest BCUT2D eigenvalue weighted by atomic mass is 10.3. The molecule has 0 radical (unpaired) electrons. The molecule has 1 aromatic rings. The molecule has 0 aliphatic carbocycles. The average Bonchev–Trinajstić information content (AvgIpc) is 2.50. The van der Waals surface area contributed by atoms with Gasteiger partial charge in [-0.1, -0.05) is 0 Å². The first kappa shape index (κ1) is 15.3. The molecule has 7 heteroatoms. The van der Waals surface area contributed by atoms with Crippen molar-refractivity contribution in [2.75, 3.05) is 19.8 Å². The SMILES string of the molecule is C[C@H](Oc1ccc(OC(=O)[C@H]2COCCO2)cc1)C(N)=O. The molecule has 0 aromatic heterocycles. The number of nitrogens with two attached hydrogens (primary N) is 1. The molecule has 1 aliphatic rings. The van der Waals surface area contributed by atoms with E-state index in [2.05, 4.69) is 0 Å². The zero-order chi connectivity index (χ0) is 15.2. The quantitative estimate of drug-likeness (QED) is 0.618. The van der Waals surface area contributed by atoms with Crippen LogP contribution in [0.15, 0.2) is 24.3 Å². The Kier molecular flexibility index (Phi) is 5.13. The van der Waals surface area contributed by atoms with Gasteiger partial charge in [0.05, 0.1) is 19.8 Å². The van der Waals surface area contributed by atoms with Crippen LogP contribution in [-0.4, -0.2) is 43.9 Å². The Morgan fingerprint density at radius 1 is 1.24 bits per heavy atom. The van der Waals surface area contributed by atoms with Crippen LogP contribution in [0.1, 0.15) is 6.92 Å². The van der Waals surface area contributed by atoms with Crippen molar-refractivity contribution < 1.29 is 28.5 Å². The van der Waals surface area contributed by atoms with Crippen LogP contribution in [0.2, 0.25) is 0 Å². The van der Waals surface area contributed by atoms with Gasteiger partial charge >= 0.3 is 5.97 Å². The molecule has 1 saturated heterocycles. The number of carbonyl (C=O) groups is 2. The van der Waals surface area contributed by atoms with E-state index >= 15 is 0 Å². The lowest BCUT2D eigenvalue weighted by Crippen LogP contribution is -2.38. The molecule has 0 unspecified atom stereocenters. The highest BCUT2D eigenvalue weighted by Gasteiger charge is 2.24. The van der Waals surface area contributed by atoms with Crippen molar-refractivity contribution in [1.82, 2.24) is 0 Å².